The lowest BCUT2D eigenvalue weighted by atomic mass is 10.1. The topological polar surface area (TPSA) is 74.9 Å². The molecular formula is C17H19N3O3. The van der Waals surface area contributed by atoms with Crippen molar-refractivity contribution in [1.82, 2.24) is 14.3 Å². The Hall–Kier alpha value is -2.37. The van der Waals surface area contributed by atoms with Crippen molar-refractivity contribution in [1.29, 1.82) is 0 Å². The number of aromatic nitrogens is 2. The number of amides is 1. The van der Waals surface area contributed by atoms with Gasteiger partial charge in [-0.1, -0.05) is 6.07 Å². The molecule has 1 aliphatic carbocycles. The van der Waals surface area contributed by atoms with E-state index >= 15 is 0 Å². The van der Waals surface area contributed by atoms with Crippen LogP contribution in [0.3, 0.4) is 0 Å². The third-order valence-corrected chi connectivity index (χ3v) is 5.27. The summed E-state index contributed by atoms with van der Waals surface area (Å²) in [5, 5.41) is 9.15. The van der Waals surface area contributed by atoms with E-state index < -0.39 is 5.97 Å². The molecule has 1 aliphatic heterocycles. The lowest BCUT2D eigenvalue weighted by Crippen LogP contribution is -2.38. The van der Waals surface area contributed by atoms with Gasteiger partial charge in [-0.2, -0.15) is 0 Å². The minimum Gasteiger partial charge on any atom is -0.481 e. The number of rotatable bonds is 3. The Morgan fingerprint density at radius 1 is 1.39 bits per heavy atom. The highest BCUT2D eigenvalue weighted by Crippen LogP contribution is 2.51. The summed E-state index contributed by atoms with van der Waals surface area (Å²) in [6.45, 7) is 3.24. The van der Waals surface area contributed by atoms with Gasteiger partial charge in [-0.05, 0) is 36.8 Å². The average molecular weight is 313 g/mol. The van der Waals surface area contributed by atoms with Crippen molar-refractivity contribution >= 4 is 17.5 Å². The number of hydrogen-bond donors (Lipinski definition) is 1. The van der Waals surface area contributed by atoms with Gasteiger partial charge >= 0.3 is 5.97 Å². The first kappa shape index (κ1) is 14.2. The number of carboxylic acids is 1. The molecule has 1 saturated carbocycles. The van der Waals surface area contributed by atoms with Crippen LogP contribution in [-0.2, 0) is 16.0 Å². The van der Waals surface area contributed by atoms with Crippen LogP contribution in [-0.4, -0.2) is 44.4 Å². The normalized spacial score (nSPS) is 26.1. The Morgan fingerprint density at radius 3 is 3.00 bits per heavy atom. The van der Waals surface area contributed by atoms with Gasteiger partial charge in [0.05, 0.1) is 18.0 Å². The molecule has 6 nitrogen and oxygen atoms in total. The van der Waals surface area contributed by atoms with Gasteiger partial charge in [0.15, 0.2) is 0 Å². The molecule has 0 unspecified atom stereocenters. The highest BCUT2D eigenvalue weighted by Gasteiger charge is 2.57. The highest BCUT2D eigenvalue weighted by molar-refractivity contribution is 5.80. The zero-order chi connectivity index (χ0) is 16.1. The molecule has 1 amide bonds. The van der Waals surface area contributed by atoms with E-state index in [0.29, 0.717) is 19.5 Å². The fourth-order valence-corrected chi connectivity index (χ4v) is 3.93. The second kappa shape index (κ2) is 5.08. The minimum atomic E-state index is -0.716. The second-order valence-electron chi connectivity index (χ2n) is 6.63. The van der Waals surface area contributed by atoms with E-state index in [1.165, 1.54) is 0 Å². The third-order valence-electron chi connectivity index (χ3n) is 5.27. The predicted octanol–water partition coefficient (Wildman–Crippen LogP) is 1.36. The summed E-state index contributed by atoms with van der Waals surface area (Å²) in [4.78, 5) is 29.9. The zero-order valence-electron chi connectivity index (χ0n) is 13.0. The fourth-order valence-electron chi connectivity index (χ4n) is 3.93. The summed E-state index contributed by atoms with van der Waals surface area (Å²) in [6.07, 6.45) is 4.79. The molecule has 1 saturated heterocycles. The molecule has 3 atom stereocenters. The maximum Gasteiger partial charge on any atom is 0.307 e. The van der Waals surface area contributed by atoms with Crippen LogP contribution in [0.5, 0.6) is 0 Å². The predicted molar refractivity (Wildman–Crippen MR) is 82.9 cm³/mol. The lowest BCUT2D eigenvalue weighted by Gasteiger charge is -2.26. The number of likely N-dealkylation sites (tertiary alicyclic amines) is 1. The number of aryl methyl sites for hydroxylation is 1. The Bertz CT molecular complexity index is 797. The molecule has 2 aromatic rings. The van der Waals surface area contributed by atoms with Crippen molar-refractivity contribution in [2.75, 3.05) is 13.1 Å². The molecule has 120 valence electrons. The van der Waals surface area contributed by atoms with Crippen LogP contribution < -0.4 is 0 Å². The van der Waals surface area contributed by atoms with Crippen LogP contribution >= 0.6 is 0 Å². The maximum absolute atomic E-state index is 12.6. The van der Waals surface area contributed by atoms with Crippen molar-refractivity contribution < 1.29 is 14.7 Å². The maximum atomic E-state index is 12.6. The van der Waals surface area contributed by atoms with E-state index in [1.807, 2.05) is 34.6 Å². The standard InChI is InChI=1S/C17H19N3O3/c1-10-3-2-5-20-11(8-18-16(10)20)7-14(21)19-6-4-12-13(9-19)15(12)17(22)23/h2-3,5,8,12-13,15H,4,6-7,9H2,1H3,(H,22,23)/t12-,13+,15-/m0/s1. The second-order valence-corrected chi connectivity index (χ2v) is 6.63. The molecule has 0 radical (unpaired) electrons. The molecule has 0 bridgehead atoms. The van der Waals surface area contributed by atoms with Crippen LogP contribution in [0.2, 0.25) is 0 Å². The van der Waals surface area contributed by atoms with Crippen molar-refractivity contribution in [3.8, 4) is 0 Å². The smallest absolute Gasteiger partial charge is 0.307 e. The number of carboxylic acid groups (broad SMARTS) is 1. The first-order valence-corrected chi connectivity index (χ1v) is 7.98. The van der Waals surface area contributed by atoms with Gasteiger partial charge in [-0.3, -0.25) is 9.59 Å². The molecule has 2 aromatic heterocycles. The summed E-state index contributed by atoms with van der Waals surface area (Å²) < 4.78 is 1.96. The van der Waals surface area contributed by atoms with Crippen LogP contribution in [0.1, 0.15) is 17.7 Å². The summed E-state index contributed by atoms with van der Waals surface area (Å²) in [5.41, 5.74) is 2.83. The SMILES string of the molecule is Cc1cccn2c(CC(=O)N3CC[C@H]4[C@@H](C3)[C@H]4C(=O)O)cnc12. The van der Waals surface area contributed by atoms with Gasteiger partial charge in [0.25, 0.3) is 0 Å². The molecule has 0 aromatic carbocycles. The summed E-state index contributed by atoms with van der Waals surface area (Å²) >= 11 is 0. The van der Waals surface area contributed by atoms with Crippen LogP contribution in [0.25, 0.3) is 5.65 Å². The van der Waals surface area contributed by atoms with Gasteiger partial charge < -0.3 is 14.4 Å². The van der Waals surface area contributed by atoms with E-state index in [4.69, 9.17) is 5.11 Å². The van der Waals surface area contributed by atoms with Gasteiger partial charge in [0.2, 0.25) is 5.91 Å². The Kier molecular flexibility index (Phi) is 3.14. The third kappa shape index (κ3) is 2.29. The van der Waals surface area contributed by atoms with E-state index in [9.17, 15) is 9.59 Å². The molecule has 23 heavy (non-hydrogen) atoms. The van der Waals surface area contributed by atoms with Crippen molar-refractivity contribution in [2.45, 2.75) is 19.8 Å². The number of fused-ring (bicyclic) bond motifs is 2. The quantitative estimate of drug-likeness (QED) is 0.928. The molecular weight excluding hydrogens is 294 g/mol. The van der Waals surface area contributed by atoms with Gasteiger partial charge in [-0.25, -0.2) is 4.98 Å². The number of carbonyl (C=O) groups excluding carboxylic acids is 1. The summed E-state index contributed by atoms with van der Waals surface area (Å²) in [5.74, 6) is -0.481. The van der Waals surface area contributed by atoms with E-state index in [-0.39, 0.29) is 23.7 Å². The van der Waals surface area contributed by atoms with E-state index in [2.05, 4.69) is 4.98 Å². The van der Waals surface area contributed by atoms with Crippen molar-refractivity contribution in [2.24, 2.45) is 17.8 Å². The lowest BCUT2D eigenvalue weighted by molar-refractivity contribution is -0.139. The molecule has 2 aliphatic rings. The Morgan fingerprint density at radius 2 is 2.22 bits per heavy atom. The van der Waals surface area contributed by atoms with E-state index in [1.54, 1.807) is 6.20 Å². The first-order chi connectivity index (χ1) is 11.1. The number of aliphatic carboxylic acids is 1. The Balaban J connectivity index is 1.48. The first-order valence-electron chi connectivity index (χ1n) is 7.98. The number of hydrogen-bond acceptors (Lipinski definition) is 3. The number of nitrogens with zero attached hydrogens (tertiary/aromatic N) is 3. The monoisotopic (exact) mass is 313 g/mol. The van der Waals surface area contributed by atoms with Crippen molar-refractivity contribution in [3.05, 3.63) is 35.8 Å². The summed E-state index contributed by atoms with van der Waals surface area (Å²) in [6, 6.07) is 3.95. The molecule has 4 rings (SSSR count). The zero-order valence-corrected chi connectivity index (χ0v) is 13.0. The largest absolute Gasteiger partial charge is 0.481 e. The molecule has 3 heterocycles. The van der Waals surface area contributed by atoms with Crippen LogP contribution in [0.4, 0.5) is 0 Å². The number of pyridine rings is 1. The van der Waals surface area contributed by atoms with Crippen LogP contribution in [0.15, 0.2) is 24.5 Å². The number of imidazole rings is 1. The molecule has 2 fully saturated rings. The van der Waals surface area contributed by atoms with Gasteiger partial charge in [-0.15, -0.1) is 0 Å². The number of piperidine rings is 1. The van der Waals surface area contributed by atoms with Gasteiger partial charge in [0, 0.05) is 25.5 Å². The highest BCUT2D eigenvalue weighted by atomic mass is 16.4. The number of carbonyl (C=O) groups is 2. The van der Waals surface area contributed by atoms with Crippen molar-refractivity contribution in [3.63, 3.8) is 0 Å². The van der Waals surface area contributed by atoms with Gasteiger partial charge in [0.1, 0.15) is 5.65 Å². The molecule has 1 N–H and O–H groups in total. The average Bonchev–Trinajstić information content (AvgIpc) is 3.12. The minimum absolute atomic E-state index is 0.0581. The summed E-state index contributed by atoms with van der Waals surface area (Å²) in [7, 11) is 0. The molecule has 6 heteroatoms. The van der Waals surface area contributed by atoms with E-state index in [0.717, 1.165) is 23.3 Å². The Labute approximate surface area is 133 Å². The molecule has 0 spiro atoms. The fraction of sp³-hybridized carbons (Fsp3) is 0.471. The van der Waals surface area contributed by atoms with Crippen LogP contribution in [0, 0.1) is 24.7 Å².